The van der Waals surface area contributed by atoms with E-state index < -0.39 is 0 Å². The van der Waals surface area contributed by atoms with Crippen LogP contribution in [0.15, 0.2) is 47.5 Å². The largest absolute Gasteiger partial charge is 0.497 e. The summed E-state index contributed by atoms with van der Waals surface area (Å²) in [5.74, 6) is 0.860. The first-order valence-corrected chi connectivity index (χ1v) is 5.95. The van der Waals surface area contributed by atoms with Crippen molar-refractivity contribution in [1.29, 1.82) is 0 Å². The minimum atomic E-state index is 0.860. The molecule has 92 valence electrons. The topological polar surface area (TPSA) is 21.6 Å². The molecule has 0 N–H and O–H groups in total. The molecule has 0 saturated carbocycles. The summed E-state index contributed by atoms with van der Waals surface area (Å²) < 4.78 is 5.12. The Balaban J connectivity index is 2.21. The highest BCUT2D eigenvalue weighted by Crippen LogP contribution is 2.21. The second-order valence-corrected chi connectivity index (χ2v) is 4.25. The van der Waals surface area contributed by atoms with Gasteiger partial charge in [0.2, 0.25) is 0 Å². The van der Waals surface area contributed by atoms with Crippen LogP contribution in [0.2, 0.25) is 0 Å². The van der Waals surface area contributed by atoms with Crippen molar-refractivity contribution in [2.45, 2.75) is 13.8 Å². The zero-order chi connectivity index (χ0) is 13.0. The monoisotopic (exact) mass is 239 g/mol. The van der Waals surface area contributed by atoms with Crippen LogP contribution < -0.4 is 4.74 Å². The van der Waals surface area contributed by atoms with Crippen LogP contribution in [0.5, 0.6) is 5.75 Å². The molecule has 2 rings (SSSR count). The molecule has 0 bridgehead atoms. The maximum atomic E-state index is 5.12. The summed E-state index contributed by atoms with van der Waals surface area (Å²) >= 11 is 0. The van der Waals surface area contributed by atoms with Gasteiger partial charge in [-0.1, -0.05) is 12.1 Å². The first-order valence-electron chi connectivity index (χ1n) is 5.95. The molecule has 2 aromatic rings. The molecule has 0 fully saturated rings. The van der Waals surface area contributed by atoms with Gasteiger partial charge in [-0.3, -0.25) is 4.99 Å². The second kappa shape index (κ2) is 5.50. The average molecular weight is 239 g/mol. The number of aryl methyl sites for hydroxylation is 1. The van der Waals surface area contributed by atoms with Crippen LogP contribution in [-0.2, 0) is 0 Å². The minimum Gasteiger partial charge on any atom is -0.497 e. The number of benzene rings is 2. The van der Waals surface area contributed by atoms with E-state index in [2.05, 4.69) is 24.9 Å². The van der Waals surface area contributed by atoms with Gasteiger partial charge in [-0.15, -0.1) is 0 Å². The van der Waals surface area contributed by atoms with Crippen LogP contribution in [0.4, 0.5) is 5.69 Å². The third-order valence-corrected chi connectivity index (χ3v) is 3.04. The van der Waals surface area contributed by atoms with E-state index in [0.717, 1.165) is 17.0 Å². The van der Waals surface area contributed by atoms with E-state index >= 15 is 0 Å². The predicted molar refractivity (Wildman–Crippen MR) is 76.2 cm³/mol. The zero-order valence-corrected chi connectivity index (χ0v) is 11.0. The van der Waals surface area contributed by atoms with E-state index in [1.54, 1.807) is 7.11 Å². The lowest BCUT2D eigenvalue weighted by Gasteiger charge is -2.03. The molecule has 0 aliphatic rings. The van der Waals surface area contributed by atoms with Crippen LogP contribution >= 0.6 is 0 Å². The molecule has 0 unspecified atom stereocenters. The number of methoxy groups -OCH3 is 1. The molecule has 18 heavy (non-hydrogen) atoms. The molecule has 0 aliphatic carbocycles. The van der Waals surface area contributed by atoms with Crippen molar-refractivity contribution in [2.24, 2.45) is 4.99 Å². The summed E-state index contributed by atoms with van der Waals surface area (Å²) in [5, 5.41) is 0. The Morgan fingerprint density at radius 1 is 1.00 bits per heavy atom. The number of hydrogen-bond donors (Lipinski definition) is 0. The van der Waals surface area contributed by atoms with Gasteiger partial charge in [0.05, 0.1) is 12.8 Å². The number of hydrogen-bond acceptors (Lipinski definition) is 2. The van der Waals surface area contributed by atoms with Crippen LogP contribution in [0.1, 0.15) is 16.7 Å². The van der Waals surface area contributed by atoms with E-state index in [-0.39, 0.29) is 0 Å². The van der Waals surface area contributed by atoms with Gasteiger partial charge in [0.15, 0.2) is 0 Å². The standard InChI is InChI=1S/C16H17NO/c1-12-5-4-6-16(13(12)2)17-11-14-7-9-15(18-3)10-8-14/h4-11H,1-3H3. The highest BCUT2D eigenvalue weighted by atomic mass is 16.5. The van der Waals surface area contributed by atoms with Gasteiger partial charge in [0.25, 0.3) is 0 Å². The Hall–Kier alpha value is -2.09. The molecule has 0 heterocycles. The smallest absolute Gasteiger partial charge is 0.118 e. The SMILES string of the molecule is COc1ccc(C=Nc2cccc(C)c2C)cc1. The fourth-order valence-electron chi connectivity index (χ4n) is 1.71. The van der Waals surface area contributed by atoms with Gasteiger partial charge in [-0.05, 0) is 60.9 Å². The van der Waals surface area contributed by atoms with E-state index in [0.29, 0.717) is 0 Å². The number of aliphatic imine (C=N–C) groups is 1. The van der Waals surface area contributed by atoms with Gasteiger partial charge in [0, 0.05) is 6.21 Å². The van der Waals surface area contributed by atoms with E-state index in [9.17, 15) is 0 Å². The number of ether oxygens (including phenoxy) is 1. The fourth-order valence-corrected chi connectivity index (χ4v) is 1.71. The van der Waals surface area contributed by atoms with E-state index in [1.165, 1.54) is 11.1 Å². The van der Waals surface area contributed by atoms with Crippen molar-refractivity contribution in [3.8, 4) is 5.75 Å². The maximum absolute atomic E-state index is 5.12. The van der Waals surface area contributed by atoms with Crippen molar-refractivity contribution < 1.29 is 4.74 Å². The summed E-state index contributed by atoms with van der Waals surface area (Å²) in [4.78, 5) is 4.53. The van der Waals surface area contributed by atoms with Gasteiger partial charge in [-0.25, -0.2) is 0 Å². The molecule has 2 heteroatoms. The normalized spacial score (nSPS) is 10.8. The quantitative estimate of drug-likeness (QED) is 0.740. The van der Waals surface area contributed by atoms with Gasteiger partial charge >= 0.3 is 0 Å². The van der Waals surface area contributed by atoms with Crippen molar-refractivity contribution >= 4 is 11.9 Å². The van der Waals surface area contributed by atoms with E-state index in [4.69, 9.17) is 4.74 Å². The Kier molecular flexibility index (Phi) is 3.78. The first kappa shape index (κ1) is 12.4. The lowest BCUT2D eigenvalue weighted by Crippen LogP contribution is -1.85. The Labute approximate surface area is 108 Å². The van der Waals surface area contributed by atoms with Crippen molar-refractivity contribution in [2.75, 3.05) is 7.11 Å². The molecule has 0 aromatic heterocycles. The summed E-state index contributed by atoms with van der Waals surface area (Å²) in [6.07, 6.45) is 1.88. The first-order chi connectivity index (χ1) is 8.70. The van der Waals surface area contributed by atoms with Crippen LogP contribution in [0.25, 0.3) is 0 Å². The van der Waals surface area contributed by atoms with Crippen LogP contribution in [-0.4, -0.2) is 13.3 Å². The molecule has 0 amide bonds. The van der Waals surface area contributed by atoms with Crippen molar-refractivity contribution in [3.05, 3.63) is 59.2 Å². The average Bonchev–Trinajstić information content (AvgIpc) is 2.41. The fraction of sp³-hybridized carbons (Fsp3) is 0.188. The van der Waals surface area contributed by atoms with Crippen molar-refractivity contribution in [3.63, 3.8) is 0 Å². The third kappa shape index (κ3) is 2.77. The summed E-state index contributed by atoms with van der Waals surface area (Å²) in [6.45, 7) is 4.19. The predicted octanol–water partition coefficient (Wildman–Crippen LogP) is 4.06. The lowest BCUT2D eigenvalue weighted by atomic mass is 10.1. The van der Waals surface area contributed by atoms with Gasteiger partial charge in [-0.2, -0.15) is 0 Å². The molecule has 0 spiro atoms. The zero-order valence-electron chi connectivity index (χ0n) is 11.0. The van der Waals surface area contributed by atoms with Crippen molar-refractivity contribution in [1.82, 2.24) is 0 Å². The number of nitrogens with zero attached hydrogens (tertiary/aromatic N) is 1. The van der Waals surface area contributed by atoms with Crippen LogP contribution in [0.3, 0.4) is 0 Å². The number of rotatable bonds is 3. The molecule has 0 aliphatic heterocycles. The van der Waals surface area contributed by atoms with Gasteiger partial charge < -0.3 is 4.74 Å². The molecule has 2 nitrogen and oxygen atoms in total. The highest BCUT2D eigenvalue weighted by Gasteiger charge is 1.97. The summed E-state index contributed by atoms with van der Waals surface area (Å²) in [6, 6.07) is 14.0. The highest BCUT2D eigenvalue weighted by molar-refractivity contribution is 5.82. The molecular formula is C16H17NO. The van der Waals surface area contributed by atoms with E-state index in [1.807, 2.05) is 42.6 Å². The lowest BCUT2D eigenvalue weighted by molar-refractivity contribution is 0.415. The van der Waals surface area contributed by atoms with Gasteiger partial charge in [0.1, 0.15) is 5.75 Å². The summed E-state index contributed by atoms with van der Waals surface area (Å²) in [7, 11) is 1.67. The molecule has 0 atom stereocenters. The minimum absolute atomic E-state index is 0.860. The molecule has 0 radical (unpaired) electrons. The molecular weight excluding hydrogens is 222 g/mol. The second-order valence-electron chi connectivity index (χ2n) is 4.25. The Bertz CT molecular complexity index is 556. The summed E-state index contributed by atoms with van der Waals surface area (Å²) in [5.41, 5.74) is 4.57. The third-order valence-electron chi connectivity index (χ3n) is 3.04. The Morgan fingerprint density at radius 2 is 1.72 bits per heavy atom. The van der Waals surface area contributed by atoms with Crippen LogP contribution in [0, 0.1) is 13.8 Å². The Morgan fingerprint density at radius 3 is 2.39 bits per heavy atom. The maximum Gasteiger partial charge on any atom is 0.118 e. The molecule has 2 aromatic carbocycles. The molecule has 0 saturated heterocycles.